The fourth-order valence-corrected chi connectivity index (χ4v) is 1.20. The zero-order chi connectivity index (χ0) is 8.39. The highest BCUT2D eigenvalue weighted by Crippen LogP contribution is 2.33. The Morgan fingerprint density at radius 3 is 3.08 bits per heavy atom. The molecule has 1 saturated carbocycles. The molecule has 0 aromatic carbocycles. The number of rotatable bonds is 4. The van der Waals surface area contributed by atoms with Gasteiger partial charge in [0.2, 0.25) is 0 Å². The minimum absolute atomic E-state index is 0.0828. The van der Waals surface area contributed by atoms with Crippen molar-refractivity contribution >= 4 is 5.78 Å². The summed E-state index contributed by atoms with van der Waals surface area (Å²) < 4.78 is 0. The minimum Gasteiger partial charge on any atom is -0.291 e. The number of Topliss-reactive ketones (excluding diaryl/α,β-unsaturated/α-hetero) is 1. The van der Waals surface area contributed by atoms with Gasteiger partial charge in [-0.2, -0.15) is 5.10 Å². The third kappa shape index (κ3) is 1.69. The molecular weight excluding hydrogens is 154 g/mol. The normalized spacial score (nSPS) is 16.3. The van der Waals surface area contributed by atoms with E-state index in [0.717, 1.165) is 12.3 Å². The lowest BCUT2D eigenvalue weighted by molar-refractivity contribution is 0.0968. The van der Waals surface area contributed by atoms with Crippen molar-refractivity contribution in [1.29, 1.82) is 0 Å². The second-order valence-corrected chi connectivity index (χ2v) is 3.24. The molecule has 1 aliphatic carbocycles. The second-order valence-electron chi connectivity index (χ2n) is 3.24. The molecular formula is C8H11N3O. The Bertz CT molecular complexity index is 264. The SMILES string of the molecule is O=C(CCC1CC1)c1ncn[nH]1. The number of carbonyl (C=O) groups excluding carboxylic acids is 1. The molecule has 12 heavy (non-hydrogen) atoms. The van der Waals surface area contributed by atoms with Gasteiger partial charge in [0, 0.05) is 6.42 Å². The van der Waals surface area contributed by atoms with E-state index in [9.17, 15) is 4.79 Å². The number of aromatic nitrogens is 3. The molecule has 0 aliphatic heterocycles. The van der Waals surface area contributed by atoms with E-state index in [2.05, 4.69) is 15.2 Å². The molecule has 1 aliphatic rings. The van der Waals surface area contributed by atoms with E-state index in [0.29, 0.717) is 12.2 Å². The number of carbonyl (C=O) groups is 1. The Morgan fingerprint density at radius 2 is 2.50 bits per heavy atom. The Morgan fingerprint density at radius 1 is 1.67 bits per heavy atom. The van der Waals surface area contributed by atoms with Gasteiger partial charge >= 0.3 is 0 Å². The Labute approximate surface area is 70.4 Å². The lowest BCUT2D eigenvalue weighted by atomic mass is 10.1. The largest absolute Gasteiger partial charge is 0.291 e. The highest BCUT2D eigenvalue weighted by molar-refractivity contribution is 5.92. The Hall–Kier alpha value is -1.19. The van der Waals surface area contributed by atoms with Crippen molar-refractivity contribution in [2.45, 2.75) is 25.7 Å². The van der Waals surface area contributed by atoms with E-state index in [1.165, 1.54) is 19.2 Å². The van der Waals surface area contributed by atoms with Crippen LogP contribution in [0.4, 0.5) is 0 Å². The van der Waals surface area contributed by atoms with E-state index in [4.69, 9.17) is 0 Å². The molecule has 1 aromatic rings. The molecule has 64 valence electrons. The van der Waals surface area contributed by atoms with Crippen molar-refractivity contribution in [2.24, 2.45) is 5.92 Å². The van der Waals surface area contributed by atoms with Gasteiger partial charge in [-0.3, -0.25) is 9.89 Å². The molecule has 1 fully saturated rings. The summed E-state index contributed by atoms with van der Waals surface area (Å²) in [5.41, 5.74) is 0. The van der Waals surface area contributed by atoms with Crippen molar-refractivity contribution in [3.8, 4) is 0 Å². The zero-order valence-electron chi connectivity index (χ0n) is 6.79. The van der Waals surface area contributed by atoms with Gasteiger partial charge in [0.15, 0.2) is 11.6 Å². The number of nitrogens with one attached hydrogen (secondary N) is 1. The van der Waals surface area contributed by atoms with Crippen molar-refractivity contribution in [3.63, 3.8) is 0 Å². The van der Waals surface area contributed by atoms with Crippen LogP contribution in [0.2, 0.25) is 0 Å². The summed E-state index contributed by atoms with van der Waals surface area (Å²) in [6.45, 7) is 0. The van der Waals surface area contributed by atoms with Crippen LogP contribution in [0.25, 0.3) is 0 Å². The third-order valence-electron chi connectivity index (χ3n) is 2.16. The molecule has 1 aromatic heterocycles. The second kappa shape index (κ2) is 3.05. The lowest BCUT2D eigenvalue weighted by Crippen LogP contribution is -2.01. The molecule has 0 unspecified atom stereocenters. The van der Waals surface area contributed by atoms with Gasteiger partial charge in [0.1, 0.15) is 6.33 Å². The van der Waals surface area contributed by atoms with Crippen LogP contribution >= 0.6 is 0 Å². The van der Waals surface area contributed by atoms with E-state index < -0.39 is 0 Å². The first kappa shape index (κ1) is 7.46. The van der Waals surface area contributed by atoms with Gasteiger partial charge in [-0.25, -0.2) is 4.98 Å². The standard InChI is InChI=1S/C8H11N3O/c12-7(4-3-6-1-2-6)8-9-5-10-11-8/h5-6H,1-4H2,(H,9,10,11). The zero-order valence-corrected chi connectivity index (χ0v) is 6.79. The van der Waals surface area contributed by atoms with Crippen molar-refractivity contribution in [1.82, 2.24) is 15.2 Å². The highest BCUT2D eigenvalue weighted by atomic mass is 16.1. The first-order valence-electron chi connectivity index (χ1n) is 4.25. The van der Waals surface area contributed by atoms with Gasteiger partial charge in [-0.15, -0.1) is 0 Å². The Balaban J connectivity index is 1.83. The van der Waals surface area contributed by atoms with Gasteiger partial charge in [0.05, 0.1) is 0 Å². The van der Waals surface area contributed by atoms with Crippen LogP contribution < -0.4 is 0 Å². The van der Waals surface area contributed by atoms with E-state index in [-0.39, 0.29) is 5.78 Å². The average molecular weight is 165 g/mol. The highest BCUT2D eigenvalue weighted by Gasteiger charge is 2.22. The summed E-state index contributed by atoms with van der Waals surface area (Å²) in [7, 11) is 0. The van der Waals surface area contributed by atoms with Crippen molar-refractivity contribution in [2.75, 3.05) is 0 Å². The predicted molar refractivity (Wildman–Crippen MR) is 42.7 cm³/mol. The number of aromatic amines is 1. The summed E-state index contributed by atoms with van der Waals surface area (Å²) in [5.74, 6) is 1.28. The fraction of sp³-hybridized carbons (Fsp3) is 0.625. The minimum atomic E-state index is 0.0828. The van der Waals surface area contributed by atoms with Gasteiger partial charge in [-0.05, 0) is 12.3 Å². The van der Waals surface area contributed by atoms with Crippen LogP contribution in [0.1, 0.15) is 36.3 Å². The van der Waals surface area contributed by atoms with Crippen LogP contribution in [0.15, 0.2) is 6.33 Å². The molecule has 1 N–H and O–H groups in total. The molecule has 4 nitrogen and oxygen atoms in total. The third-order valence-corrected chi connectivity index (χ3v) is 2.16. The summed E-state index contributed by atoms with van der Waals surface area (Å²) in [6.07, 6.45) is 5.58. The number of hydrogen-bond acceptors (Lipinski definition) is 3. The molecule has 0 bridgehead atoms. The number of ketones is 1. The first-order chi connectivity index (χ1) is 5.86. The summed E-state index contributed by atoms with van der Waals surface area (Å²) in [4.78, 5) is 15.1. The quantitative estimate of drug-likeness (QED) is 0.681. The average Bonchev–Trinajstić information content (AvgIpc) is 2.74. The fourth-order valence-electron chi connectivity index (χ4n) is 1.20. The molecule has 1 heterocycles. The van der Waals surface area contributed by atoms with Crippen LogP contribution in [-0.4, -0.2) is 21.0 Å². The molecule has 0 atom stereocenters. The number of H-pyrrole nitrogens is 1. The van der Waals surface area contributed by atoms with Crippen molar-refractivity contribution in [3.05, 3.63) is 12.2 Å². The summed E-state index contributed by atoms with van der Waals surface area (Å²) in [5, 5.41) is 6.20. The van der Waals surface area contributed by atoms with Crippen LogP contribution in [-0.2, 0) is 0 Å². The maximum absolute atomic E-state index is 11.3. The molecule has 2 rings (SSSR count). The smallest absolute Gasteiger partial charge is 0.199 e. The van der Waals surface area contributed by atoms with Gasteiger partial charge in [0.25, 0.3) is 0 Å². The maximum atomic E-state index is 11.3. The molecule has 4 heteroatoms. The van der Waals surface area contributed by atoms with Crippen LogP contribution in [0.3, 0.4) is 0 Å². The van der Waals surface area contributed by atoms with E-state index in [1.807, 2.05) is 0 Å². The maximum Gasteiger partial charge on any atom is 0.199 e. The number of nitrogens with zero attached hydrogens (tertiary/aromatic N) is 2. The lowest BCUT2D eigenvalue weighted by Gasteiger charge is -1.93. The Kier molecular flexibility index (Phi) is 1.89. The van der Waals surface area contributed by atoms with E-state index in [1.54, 1.807) is 0 Å². The predicted octanol–water partition coefficient (Wildman–Crippen LogP) is 1.18. The van der Waals surface area contributed by atoms with Crippen LogP contribution in [0, 0.1) is 5.92 Å². The molecule has 0 amide bonds. The summed E-state index contributed by atoms with van der Waals surface area (Å²) >= 11 is 0. The van der Waals surface area contributed by atoms with E-state index >= 15 is 0 Å². The van der Waals surface area contributed by atoms with Crippen molar-refractivity contribution < 1.29 is 4.79 Å². The topological polar surface area (TPSA) is 58.6 Å². The van der Waals surface area contributed by atoms with Crippen LogP contribution in [0.5, 0.6) is 0 Å². The molecule has 0 radical (unpaired) electrons. The molecule has 0 saturated heterocycles. The monoisotopic (exact) mass is 165 g/mol. The first-order valence-corrected chi connectivity index (χ1v) is 4.25. The molecule has 0 spiro atoms. The number of hydrogen-bond donors (Lipinski definition) is 1. The summed E-state index contributed by atoms with van der Waals surface area (Å²) in [6, 6.07) is 0. The van der Waals surface area contributed by atoms with Gasteiger partial charge in [-0.1, -0.05) is 12.8 Å². The van der Waals surface area contributed by atoms with Gasteiger partial charge < -0.3 is 0 Å².